The van der Waals surface area contributed by atoms with Crippen molar-refractivity contribution in [1.82, 2.24) is 20.0 Å². The zero-order chi connectivity index (χ0) is 13.2. The second-order valence-electron chi connectivity index (χ2n) is 5.78. The number of hydrogen-bond donors (Lipinski definition) is 1. The second-order valence-corrected chi connectivity index (χ2v) is 5.78. The summed E-state index contributed by atoms with van der Waals surface area (Å²) in [6.07, 6.45) is 6.59. The largest absolute Gasteiger partial charge is 0.334 e. The van der Waals surface area contributed by atoms with Crippen LogP contribution in [0.1, 0.15) is 36.2 Å². The van der Waals surface area contributed by atoms with Crippen LogP contribution in [0, 0.1) is 5.92 Å². The Morgan fingerprint density at radius 2 is 2.37 bits per heavy atom. The number of piperidine rings is 1. The molecule has 0 bridgehead atoms. The summed E-state index contributed by atoms with van der Waals surface area (Å²) in [6, 6.07) is 2.27. The Balaban J connectivity index is 1.68. The fourth-order valence-electron chi connectivity index (χ4n) is 2.82. The molecule has 1 saturated carbocycles. The van der Waals surface area contributed by atoms with E-state index in [0.29, 0.717) is 17.7 Å². The molecule has 1 unspecified atom stereocenters. The number of nitrogens with zero attached hydrogens (tertiary/aromatic N) is 3. The average Bonchev–Trinajstić information content (AvgIpc) is 3.18. The maximum Gasteiger partial charge on any atom is 0.274 e. The van der Waals surface area contributed by atoms with E-state index in [2.05, 4.69) is 15.3 Å². The highest BCUT2D eigenvalue weighted by Gasteiger charge is 2.35. The highest BCUT2D eigenvalue weighted by Crippen LogP contribution is 2.29. The summed E-state index contributed by atoms with van der Waals surface area (Å²) in [5.41, 5.74) is 0.582. The van der Waals surface area contributed by atoms with Gasteiger partial charge in [0.15, 0.2) is 0 Å². The van der Waals surface area contributed by atoms with Crippen molar-refractivity contribution < 1.29 is 4.79 Å². The van der Waals surface area contributed by atoms with Gasteiger partial charge < -0.3 is 10.2 Å². The van der Waals surface area contributed by atoms with Gasteiger partial charge in [-0.1, -0.05) is 0 Å². The molecule has 2 aliphatic rings. The molecule has 1 N–H and O–H groups in total. The van der Waals surface area contributed by atoms with Gasteiger partial charge in [0.25, 0.3) is 5.91 Å². The van der Waals surface area contributed by atoms with Gasteiger partial charge in [-0.3, -0.25) is 9.48 Å². The first-order valence-electron chi connectivity index (χ1n) is 7.25. The predicted octanol–water partition coefficient (Wildman–Crippen LogP) is 1.02. The van der Waals surface area contributed by atoms with Gasteiger partial charge in [-0.15, -0.1) is 0 Å². The maximum atomic E-state index is 12.5. The van der Waals surface area contributed by atoms with Gasteiger partial charge in [0, 0.05) is 25.8 Å². The minimum Gasteiger partial charge on any atom is -0.334 e. The molecular formula is C14H22N4O. The molecule has 1 amide bonds. The van der Waals surface area contributed by atoms with Crippen molar-refractivity contribution in [3.63, 3.8) is 0 Å². The second kappa shape index (κ2) is 5.33. The van der Waals surface area contributed by atoms with Crippen molar-refractivity contribution >= 4 is 5.91 Å². The lowest BCUT2D eigenvalue weighted by Gasteiger charge is -2.30. The summed E-state index contributed by atoms with van der Waals surface area (Å²) < 4.78 is 1.69. The van der Waals surface area contributed by atoms with Crippen LogP contribution >= 0.6 is 0 Å². The van der Waals surface area contributed by atoms with E-state index in [9.17, 15) is 4.79 Å². The average molecular weight is 262 g/mol. The normalized spacial score (nSPS) is 23.3. The minimum absolute atomic E-state index is 0.105. The molecular weight excluding hydrogens is 240 g/mol. The van der Waals surface area contributed by atoms with Gasteiger partial charge in [-0.25, -0.2) is 0 Å². The number of nitrogens with one attached hydrogen (secondary N) is 1. The number of hydrogen-bond acceptors (Lipinski definition) is 3. The Hall–Kier alpha value is -1.36. The molecule has 2 heterocycles. The number of amides is 1. The molecule has 0 spiro atoms. The quantitative estimate of drug-likeness (QED) is 0.881. The number of carbonyl (C=O) groups is 1. The molecule has 1 aromatic rings. The Kier molecular flexibility index (Phi) is 3.55. The zero-order valence-corrected chi connectivity index (χ0v) is 11.5. The molecule has 1 aliphatic carbocycles. The lowest BCUT2D eigenvalue weighted by atomic mass is 9.99. The third-order valence-electron chi connectivity index (χ3n) is 4.04. The molecule has 19 heavy (non-hydrogen) atoms. The SMILES string of the molecule is Cn1ccc(C(=O)N(CC2CCCNC2)C2CC2)n1. The molecule has 2 fully saturated rings. The smallest absolute Gasteiger partial charge is 0.274 e. The van der Waals surface area contributed by atoms with Crippen LogP contribution in [0.15, 0.2) is 12.3 Å². The molecule has 3 rings (SSSR count). The van der Waals surface area contributed by atoms with E-state index >= 15 is 0 Å². The van der Waals surface area contributed by atoms with Crippen molar-refractivity contribution in [2.75, 3.05) is 19.6 Å². The van der Waals surface area contributed by atoms with E-state index in [1.54, 1.807) is 4.68 Å². The van der Waals surface area contributed by atoms with Gasteiger partial charge in [0.1, 0.15) is 5.69 Å². The fraction of sp³-hybridized carbons (Fsp3) is 0.714. The third kappa shape index (κ3) is 2.97. The van der Waals surface area contributed by atoms with Crippen molar-refractivity contribution in [3.05, 3.63) is 18.0 Å². The van der Waals surface area contributed by atoms with Gasteiger partial charge >= 0.3 is 0 Å². The molecule has 5 heteroatoms. The van der Waals surface area contributed by atoms with Crippen LogP contribution in [0.5, 0.6) is 0 Å². The Morgan fingerprint density at radius 1 is 1.53 bits per heavy atom. The first-order valence-corrected chi connectivity index (χ1v) is 7.25. The molecule has 1 aliphatic heterocycles. The van der Waals surface area contributed by atoms with Gasteiger partial charge in [-0.2, -0.15) is 5.10 Å². The van der Waals surface area contributed by atoms with Crippen LogP contribution < -0.4 is 5.32 Å². The zero-order valence-electron chi connectivity index (χ0n) is 11.5. The third-order valence-corrected chi connectivity index (χ3v) is 4.04. The summed E-state index contributed by atoms with van der Waals surface area (Å²) in [4.78, 5) is 14.6. The topological polar surface area (TPSA) is 50.2 Å². The van der Waals surface area contributed by atoms with Crippen molar-refractivity contribution in [2.24, 2.45) is 13.0 Å². The highest BCUT2D eigenvalue weighted by atomic mass is 16.2. The standard InChI is InChI=1S/C14H22N4O/c1-17-8-6-13(16-17)14(19)18(12-4-5-12)10-11-3-2-7-15-9-11/h6,8,11-12,15H,2-5,7,9-10H2,1H3. The molecule has 1 saturated heterocycles. The first-order chi connectivity index (χ1) is 9.24. The molecule has 5 nitrogen and oxygen atoms in total. The van der Waals surface area contributed by atoms with Crippen molar-refractivity contribution in [1.29, 1.82) is 0 Å². The lowest BCUT2D eigenvalue weighted by Crippen LogP contribution is -2.42. The van der Waals surface area contributed by atoms with Crippen molar-refractivity contribution in [3.8, 4) is 0 Å². The van der Waals surface area contributed by atoms with Gasteiger partial charge in [0.05, 0.1) is 0 Å². The summed E-state index contributed by atoms with van der Waals surface area (Å²) in [5.74, 6) is 0.704. The summed E-state index contributed by atoms with van der Waals surface area (Å²) >= 11 is 0. The van der Waals surface area contributed by atoms with E-state index < -0.39 is 0 Å². The van der Waals surface area contributed by atoms with E-state index in [1.807, 2.05) is 19.3 Å². The summed E-state index contributed by atoms with van der Waals surface area (Å²) in [6.45, 7) is 3.04. The highest BCUT2D eigenvalue weighted by molar-refractivity contribution is 5.92. The van der Waals surface area contributed by atoms with Crippen LogP contribution in [-0.2, 0) is 7.05 Å². The molecule has 0 aromatic carbocycles. The maximum absolute atomic E-state index is 12.5. The van der Waals surface area contributed by atoms with Crippen LogP contribution in [0.3, 0.4) is 0 Å². The Morgan fingerprint density at radius 3 is 2.95 bits per heavy atom. The predicted molar refractivity (Wildman–Crippen MR) is 72.9 cm³/mol. The van der Waals surface area contributed by atoms with Crippen molar-refractivity contribution in [2.45, 2.75) is 31.7 Å². The monoisotopic (exact) mass is 262 g/mol. The number of carbonyl (C=O) groups excluding carboxylic acids is 1. The summed E-state index contributed by atoms with van der Waals surface area (Å²) in [7, 11) is 1.85. The van der Waals surface area contributed by atoms with Crippen LogP contribution in [0.25, 0.3) is 0 Å². The number of aromatic nitrogens is 2. The minimum atomic E-state index is 0.105. The van der Waals surface area contributed by atoms with Crippen LogP contribution in [-0.4, -0.2) is 46.3 Å². The van der Waals surface area contributed by atoms with E-state index in [0.717, 1.165) is 32.5 Å². The first kappa shape index (κ1) is 12.7. The fourth-order valence-corrected chi connectivity index (χ4v) is 2.82. The van der Waals surface area contributed by atoms with E-state index in [4.69, 9.17) is 0 Å². The molecule has 1 atom stereocenters. The lowest BCUT2D eigenvalue weighted by molar-refractivity contribution is 0.0697. The van der Waals surface area contributed by atoms with E-state index in [-0.39, 0.29) is 5.91 Å². The molecule has 0 radical (unpaired) electrons. The summed E-state index contributed by atoms with van der Waals surface area (Å²) in [5, 5.41) is 7.67. The number of rotatable bonds is 4. The van der Waals surface area contributed by atoms with Gasteiger partial charge in [-0.05, 0) is 50.8 Å². The van der Waals surface area contributed by atoms with Gasteiger partial charge in [0.2, 0.25) is 0 Å². The number of aryl methyl sites for hydroxylation is 1. The Labute approximate surface area is 114 Å². The molecule has 104 valence electrons. The van der Waals surface area contributed by atoms with E-state index in [1.165, 1.54) is 12.8 Å². The Bertz CT molecular complexity index is 446. The van der Waals surface area contributed by atoms with Crippen LogP contribution in [0.2, 0.25) is 0 Å². The van der Waals surface area contributed by atoms with Crippen LogP contribution in [0.4, 0.5) is 0 Å². The molecule has 1 aromatic heterocycles.